The molecule has 0 radical (unpaired) electrons. The van der Waals surface area contributed by atoms with E-state index in [4.69, 9.17) is 5.73 Å². The number of amides is 1. The maximum atomic E-state index is 14.4. The van der Waals surface area contributed by atoms with Crippen LogP contribution in [0.5, 0.6) is 0 Å². The van der Waals surface area contributed by atoms with Gasteiger partial charge in [0.05, 0.1) is 6.54 Å². The Morgan fingerprint density at radius 2 is 1.75 bits per heavy atom. The average molecular weight is 490 g/mol. The van der Waals surface area contributed by atoms with Crippen LogP contribution >= 0.6 is 0 Å². The number of nitrogens with two attached hydrogens (primary N) is 1. The summed E-state index contributed by atoms with van der Waals surface area (Å²) in [4.78, 5) is 54.7. The zero-order chi connectivity index (χ0) is 26.0. The van der Waals surface area contributed by atoms with Crippen molar-refractivity contribution in [2.45, 2.75) is 20.4 Å². The highest BCUT2D eigenvalue weighted by atomic mass is 19.1. The minimum absolute atomic E-state index is 0.0425. The summed E-state index contributed by atoms with van der Waals surface area (Å²) in [5, 5.41) is 4.12. The third kappa shape index (κ3) is 4.45. The van der Waals surface area contributed by atoms with Gasteiger partial charge < -0.3 is 5.73 Å². The van der Waals surface area contributed by atoms with Gasteiger partial charge in [0.1, 0.15) is 17.3 Å². The van der Waals surface area contributed by atoms with Gasteiger partial charge in [-0.15, -0.1) is 0 Å². The van der Waals surface area contributed by atoms with Crippen LogP contribution in [0.1, 0.15) is 28.7 Å². The van der Waals surface area contributed by atoms with Crippen molar-refractivity contribution in [3.63, 3.8) is 0 Å². The Morgan fingerprint density at radius 1 is 1.08 bits per heavy atom. The molecule has 2 aromatic carbocycles. The molecule has 0 aliphatic heterocycles. The quantitative estimate of drug-likeness (QED) is 0.423. The van der Waals surface area contributed by atoms with Crippen molar-refractivity contribution >= 4 is 17.4 Å². The van der Waals surface area contributed by atoms with Crippen LogP contribution in [-0.2, 0) is 6.54 Å². The van der Waals surface area contributed by atoms with E-state index in [9.17, 15) is 23.6 Å². The number of halogens is 1. The van der Waals surface area contributed by atoms with Gasteiger partial charge in [-0.1, -0.05) is 42.5 Å². The molecule has 2 heterocycles. The Labute approximate surface area is 204 Å². The SMILES string of the molecule is CCN(C(=O)c1nn(-c2ccccc2F)c(C)cc1=O)c1c(N)n(Cc2ccccc2)c(=O)[nH]c1=O. The normalized spacial score (nSPS) is 10.9. The number of carbonyl (C=O) groups excluding carboxylic acids is 1. The first kappa shape index (κ1) is 24.3. The summed E-state index contributed by atoms with van der Waals surface area (Å²) in [6.45, 7) is 3.11. The second-order valence-corrected chi connectivity index (χ2v) is 7.98. The number of carbonyl (C=O) groups is 1. The molecule has 1 amide bonds. The van der Waals surface area contributed by atoms with E-state index in [1.807, 2.05) is 6.07 Å². The lowest BCUT2D eigenvalue weighted by molar-refractivity contribution is 0.0980. The number of rotatable bonds is 6. The van der Waals surface area contributed by atoms with Crippen LogP contribution in [-0.4, -0.2) is 31.8 Å². The molecule has 0 aliphatic rings. The first-order valence-corrected chi connectivity index (χ1v) is 11.1. The summed E-state index contributed by atoms with van der Waals surface area (Å²) in [6.07, 6.45) is 0. The van der Waals surface area contributed by atoms with Crippen LogP contribution in [0.3, 0.4) is 0 Å². The van der Waals surface area contributed by atoms with Gasteiger partial charge in [-0.25, -0.2) is 13.9 Å². The monoisotopic (exact) mass is 490 g/mol. The van der Waals surface area contributed by atoms with E-state index in [1.165, 1.54) is 18.2 Å². The predicted molar refractivity (Wildman–Crippen MR) is 133 cm³/mol. The number of aromatic nitrogens is 4. The van der Waals surface area contributed by atoms with E-state index in [-0.39, 0.29) is 30.3 Å². The summed E-state index contributed by atoms with van der Waals surface area (Å²) in [7, 11) is 0. The first-order valence-electron chi connectivity index (χ1n) is 11.1. The number of H-pyrrole nitrogens is 1. The standard InChI is InChI=1S/C25H23FN6O4/c1-3-30(21-22(27)31(25(36)28-23(21)34)14-16-9-5-4-6-10-16)24(35)20-19(33)13-15(2)32(29-20)18-12-8-7-11-17(18)26/h4-13H,3,14,27H2,1-2H3,(H,28,34,36). The summed E-state index contributed by atoms with van der Waals surface area (Å²) in [5.74, 6) is -1.77. The molecule has 0 saturated heterocycles. The van der Waals surface area contributed by atoms with Crippen molar-refractivity contribution < 1.29 is 9.18 Å². The van der Waals surface area contributed by atoms with Crippen molar-refractivity contribution in [2.75, 3.05) is 17.2 Å². The molecular formula is C25H23FN6O4. The second-order valence-electron chi connectivity index (χ2n) is 7.98. The molecule has 10 nitrogen and oxygen atoms in total. The molecule has 11 heteroatoms. The highest BCUT2D eigenvalue weighted by Gasteiger charge is 2.27. The fourth-order valence-electron chi connectivity index (χ4n) is 3.86. The van der Waals surface area contributed by atoms with Gasteiger partial charge in [0.2, 0.25) is 5.43 Å². The molecule has 0 fully saturated rings. The number of para-hydroxylation sites is 1. The van der Waals surface area contributed by atoms with Crippen molar-refractivity contribution in [3.8, 4) is 5.69 Å². The zero-order valence-electron chi connectivity index (χ0n) is 19.6. The van der Waals surface area contributed by atoms with E-state index in [0.29, 0.717) is 5.69 Å². The number of hydrogen-bond donors (Lipinski definition) is 2. The number of hydrogen-bond acceptors (Lipinski definition) is 6. The lowest BCUT2D eigenvalue weighted by Gasteiger charge is -2.23. The van der Waals surface area contributed by atoms with Crippen LogP contribution < -0.4 is 27.3 Å². The van der Waals surface area contributed by atoms with Gasteiger partial charge in [0, 0.05) is 18.3 Å². The fourth-order valence-corrected chi connectivity index (χ4v) is 3.86. The summed E-state index contributed by atoms with van der Waals surface area (Å²) >= 11 is 0. The largest absolute Gasteiger partial charge is 0.383 e. The molecule has 4 aromatic rings. The third-order valence-corrected chi connectivity index (χ3v) is 5.62. The Hall–Kier alpha value is -4.80. The molecule has 2 aromatic heterocycles. The van der Waals surface area contributed by atoms with Crippen molar-refractivity contribution in [2.24, 2.45) is 0 Å². The minimum Gasteiger partial charge on any atom is -0.383 e. The van der Waals surface area contributed by atoms with Gasteiger partial charge in [-0.05, 0) is 31.5 Å². The highest BCUT2D eigenvalue weighted by molar-refractivity contribution is 6.05. The molecule has 184 valence electrons. The molecule has 0 aliphatic carbocycles. The smallest absolute Gasteiger partial charge is 0.330 e. The van der Waals surface area contributed by atoms with Gasteiger partial charge in [-0.3, -0.25) is 28.8 Å². The van der Waals surface area contributed by atoms with Gasteiger partial charge in [0.15, 0.2) is 11.4 Å². The van der Waals surface area contributed by atoms with E-state index in [2.05, 4.69) is 10.1 Å². The molecule has 36 heavy (non-hydrogen) atoms. The van der Waals surface area contributed by atoms with Crippen molar-refractivity contribution in [3.05, 3.63) is 114 Å². The Morgan fingerprint density at radius 3 is 2.42 bits per heavy atom. The minimum atomic E-state index is -0.922. The maximum absolute atomic E-state index is 14.4. The molecule has 0 bridgehead atoms. The molecule has 0 unspecified atom stereocenters. The second kappa shape index (κ2) is 9.82. The van der Waals surface area contributed by atoms with Crippen molar-refractivity contribution in [1.29, 1.82) is 0 Å². The first-order chi connectivity index (χ1) is 17.2. The predicted octanol–water partition coefficient (Wildman–Crippen LogP) is 1.83. The van der Waals surface area contributed by atoms with E-state index >= 15 is 0 Å². The van der Waals surface area contributed by atoms with Crippen LogP contribution in [0.25, 0.3) is 5.69 Å². The molecule has 0 atom stereocenters. The molecule has 0 spiro atoms. The summed E-state index contributed by atoms with van der Waals surface area (Å²) in [6, 6.07) is 15.9. The zero-order valence-corrected chi connectivity index (χ0v) is 19.6. The topological polar surface area (TPSA) is 136 Å². The van der Waals surface area contributed by atoms with Crippen LogP contribution in [0.4, 0.5) is 15.9 Å². The van der Waals surface area contributed by atoms with E-state index in [0.717, 1.165) is 25.8 Å². The summed E-state index contributed by atoms with van der Waals surface area (Å²) < 4.78 is 16.7. The molecule has 3 N–H and O–H groups in total. The average Bonchev–Trinajstić information content (AvgIpc) is 2.85. The number of nitrogens with zero attached hydrogens (tertiary/aromatic N) is 4. The number of anilines is 2. The van der Waals surface area contributed by atoms with Gasteiger partial charge in [-0.2, -0.15) is 5.10 Å². The number of benzene rings is 2. The van der Waals surface area contributed by atoms with E-state index < -0.39 is 34.1 Å². The van der Waals surface area contributed by atoms with Crippen molar-refractivity contribution in [1.82, 2.24) is 19.3 Å². The van der Waals surface area contributed by atoms with Crippen LogP contribution in [0.15, 0.2) is 75.0 Å². The number of aromatic amines is 1. The van der Waals surface area contributed by atoms with Gasteiger partial charge >= 0.3 is 5.69 Å². The van der Waals surface area contributed by atoms with Crippen LogP contribution in [0.2, 0.25) is 0 Å². The number of nitrogens with one attached hydrogen (secondary N) is 1. The lowest BCUT2D eigenvalue weighted by atomic mass is 10.2. The Kier molecular flexibility index (Phi) is 6.64. The number of nitrogen functional groups attached to an aromatic ring is 1. The molecule has 4 rings (SSSR count). The Bertz CT molecular complexity index is 1620. The highest BCUT2D eigenvalue weighted by Crippen LogP contribution is 2.20. The fraction of sp³-hybridized carbons (Fsp3) is 0.160. The third-order valence-electron chi connectivity index (χ3n) is 5.62. The number of aryl methyl sites for hydroxylation is 1. The Balaban J connectivity index is 1.83. The molecular weight excluding hydrogens is 467 g/mol. The van der Waals surface area contributed by atoms with Gasteiger partial charge in [0.25, 0.3) is 11.5 Å². The maximum Gasteiger partial charge on any atom is 0.330 e. The summed E-state index contributed by atoms with van der Waals surface area (Å²) in [5.41, 5.74) is 4.13. The van der Waals surface area contributed by atoms with E-state index in [1.54, 1.807) is 44.2 Å². The van der Waals surface area contributed by atoms with Crippen LogP contribution in [0, 0.1) is 12.7 Å². The lowest BCUT2D eigenvalue weighted by Crippen LogP contribution is -2.43. The molecule has 0 saturated carbocycles.